The number of ether oxygens (including phenoxy) is 3. The largest absolute Gasteiger partial charge is 0.461 e. The zero-order chi connectivity index (χ0) is 15.4. The highest BCUT2D eigenvalue weighted by atomic mass is 16.5. The molecule has 0 radical (unpaired) electrons. The van der Waals surface area contributed by atoms with Crippen LogP contribution in [0.4, 0.5) is 0 Å². The Morgan fingerprint density at radius 1 is 1.05 bits per heavy atom. The highest BCUT2D eigenvalue weighted by Crippen LogP contribution is 2.53. The van der Waals surface area contributed by atoms with Gasteiger partial charge in [-0.3, -0.25) is 4.79 Å². The number of carbonyl (C=O) groups excluding carboxylic acids is 1. The van der Waals surface area contributed by atoms with Crippen LogP contribution in [0.25, 0.3) is 0 Å². The topological polar surface area (TPSA) is 44.8 Å². The highest BCUT2D eigenvalue weighted by Gasteiger charge is 2.55. The lowest BCUT2D eigenvalue weighted by Crippen LogP contribution is -2.16. The molecule has 2 aliphatic rings. The van der Waals surface area contributed by atoms with Crippen molar-refractivity contribution < 1.29 is 19.0 Å². The molecular weight excluding hydrogens is 280 g/mol. The normalized spacial score (nSPS) is 31.0. The van der Waals surface area contributed by atoms with Gasteiger partial charge in [-0.15, -0.1) is 0 Å². The first kappa shape index (κ1) is 15.3. The second kappa shape index (κ2) is 6.63. The van der Waals surface area contributed by atoms with Crippen molar-refractivity contribution in [2.24, 2.45) is 11.3 Å². The van der Waals surface area contributed by atoms with E-state index in [2.05, 4.69) is 6.92 Å². The minimum Gasteiger partial charge on any atom is -0.461 e. The van der Waals surface area contributed by atoms with Crippen LogP contribution in [0.1, 0.15) is 24.5 Å². The summed E-state index contributed by atoms with van der Waals surface area (Å²) in [4.78, 5) is 12.2. The molecule has 0 aromatic heterocycles. The first-order valence-corrected chi connectivity index (χ1v) is 7.73. The monoisotopic (exact) mass is 302 g/mol. The standard InChI is InChI=1S/C18H22O4/c1-18-10-16(18)17(19)22-12-15-7-3-2-6-14(15)11-20-8-4-5-9-21-13-18/h2-7,16H,8-13H2,1H3/b5-4-/t16-,18+/m1/s1. The summed E-state index contributed by atoms with van der Waals surface area (Å²) in [5, 5.41) is 0. The Hall–Kier alpha value is -1.65. The SMILES string of the molecule is C[C@]12COC/C=C\COCc3ccccc3COC(=O)[C@H]1C2. The second-order valence-corrected chi connectivity index (χ2v) is 6.29. The Balaban J connectivity index is 1.71. The van der Waals surface area contributed by atoms with Crippen molar-refractivity contribution in [1.29, 1.82) is 0 Å². The molecule has 3 rings (SSSR count). The zero-order valence-corrected chi connectivity index (χ0v) is 12.9. The summed E-state index contributed by atoms with van der Waals surface area (Å²) < 4.78 is 16.8. The van der Waals surface area contributed by atoms with Crippen molar-refractivity contribution in [2.75, 3.05) is 19.8 Å². The number of fused-ring (bicyclic) bond motifs is 2. The fourth-order valence-corrected chi connectivity index (χ4v) is 2.76. The lowest BCUT2D eigenvalue weighted by Gasteiger charge is -2.12. The van der Waals surface area contributed by atoms with Crippen molar-refractivity contribution >= 4 is 5.97 Å². The predicted octanol–water partition coefficient (Wildman–Crippen LogP) is 2.86. The summed E-state index contributed by atoms with van der Waals surface area (Å²) >= 11 is 0. The average molecular weight is 302 g/mol. The average Bonchev–Trinajstić information content (AvgIpc) is 3.20. The van der Waals surface area contributed by atoms with Crippen LogP contribution in [0.2, 0.25) is 0 Å². The van der Waals surface area contributed by atoms with Crippen LogP contribution in [-0.2, 0) is 32.2 Å². The molecule has 118 valence electrons. The third kappa shape index (κ3) is 3.57. The maximum atomic E-state index is 12.2. The Kier molecular flexibility index (Phi) is 4.60. The molecule has 0 N–H and O–H groups in total. The maximum Gasteiger partial charge on any atom is 0.309 e. The molecule has 0 saturated heterocycles. The number of carbonyl (C=O) groups is 1. The minimum absolute atomic E-state index is 0.0370. The lowest BCUT2D eigenvalue weighted by molar-refractivity contribution is -0.147. The molecule has 1 aromatic carbocycles. The number of esters is 1. The van der Waals surface area contributed by atoms with Gasteiger partial charge < -0.3 is 14.2 Å². The number of hydrogen-bond acceptors (Lipinski definition) is 4. The maximum absolute atomic E-state index is 12.2. The van der Waals surface area contributed by atoms with Gasteiger partial charge in [0.05, 0.1) is 32.3 Å². The van der Waals surface area contributed by atoms with E-state index < -0.39 is 0 Å². The first-order chi connectivity index (χ1) is 10.7. The molecular formula is C18H22O4. The third-order valence-corrected chi connectivity index (χ3v) is 4.41. The third-order valence-electron chi connectivity index (χ3n) is 4.41. The fraction of sp³-hybridized carbons (Fsp3) is 0.500. The quantitative estimate of drug-likeness (QED) is 0.546. The number of benzene rings is 1. The van der Waals surface area contributed by atoms with Crippen LogP contribution in [-0.4, -0.2) is 25.8 Å². The van der Waals surface area contributed by atoms with Crippen LogP contribution in [0.5, 0.6) is 0 Å². The van der Waals surface area contributed by atoms with E-state index in [1.165, 1.54) is 0 Å². The van der Waals surface area contributed by atoms with E-state index in [1.807, 2.05) is 36.4 Å². The molecule has 4 heteroatoms. The van der Waals surface area contributed by atoms with Crippen LogP contribution < -0.4 is 0 Å². The Morgan fingerprint density at radius 3 is 2.50 bits per heavy atom. The molecule has 0 spiro atoms. The molecule has 1 aliphatic carbocycles. The fourth-order valence-electron chi connectivity index (χ4n) is 2.76. The molecule has 1 aromatic rings. The van der Waals surface area contributed by atoms with Gasteiger partial charge in [-0.1, -0.05) is 43.3 Å². The second-order valence-electron chi connectivity index (χ2n) is 6.29. The summed E-state index contributed by atoms with van der Waals surface area (Å²) in [6.45, 7) is 4.60. The minimum atomic E-state index is -0.118. The molecule has 2 atom stereocenters. The molecule has 1 fully saturated rings. The molecule has 1 heterocycles. The summed E-state index contributed by atoms with van der Waals surface area (Å²) in [5.41, 5.74) is 2.00. The van der Waals surface area contributed by atoms with E-state index in [0.717, 1.165) is 17.5 Å². The van der Waals surface area contributed by atoms with Crippen LogP contribution in [0, 0.1) is 11.3 Å². The molecule has 0 bridgehead atoms. The van der Waals surface area contributed by atoms with Gasteiger partial charge in [-0.05, 0) is 17.5 Å². The molecule has 22 heavy (non-hydrogen) atoms. The van der Waals surface area contributed by atoms with Gasteiger partial charge in [0, 0.05) is 5.41 Å². The van der Waals surface area contributed by atoms with Gasteiger partial charge in [-0.2, -0.15) is 0 Å². The summed E-state index contributed by atoms with van der Waals surface area (Å²) in [6.07, 6.45) is 4.78. The van der Waals surface area contributed by atoms with Crippen molar-refractivity contribution in [3.05, 3.63) is 47.5 Å². The van der Waals surface area contributed by atoms with Gasteiger partial charge in [0.25, 0.3) is 0 Å². The molecule has 1 saturated carbocycles. The van der Waals surface area contributed by atoms with Gasteiger partial charge in [0.15, 0.2) is 0 Å². The van der Waals surface area contributed by atoms with Crippen molar-refractivity contribution in [2.45, 2.75) is 26.6 Å². The van der Waals surface area contributed by atoms with E-state index >= 15 is 0 Å². The van der Waals surface area contributed by atoms with Crippen molar-refractivity contribution in [1.82, 2.24) is 0 Å². The van der Waals surface area contributed by atoms with E-state index in [0.29, 0.717) is 33.0 Å². The zero-order valence-electron chi connectivity index (χ0n) is 12.9. The number of rotatable bonds is 0. The van der Waals surface area contributed by atoms with E-state index in [4.69, 9.17) is 14.2 Å². The molecule has 0 unspecified atom stereocenters. The van der Waals surface area contributed by atoms with Gasteiger partial charge in [0.1, 0.15) is 6.61 Å². The molecule has 1 aliphatic heterocycles. The lowest BCUT2D eigenvalue weighted by atomic mass is 10.1. The Labute approximate surface area is 131 Å². The summed E-state index contributed by atoms with van der Waals surface area (Å²) in [5.74, 6) is -0.155. The van der Waals surface area contributed by atoms with E-state index in [9.17, 15) is 4.79 Å². The predicted molar refractivity (Wildman–Crippen MR) is 82.1 cm³/mol. The number of cyclic esters (lactones) is 1. The van der Waals surface area contributed by atoms with Gasteiger partial charge in [0.2, 0.25) is 0 Å². The number of hydrogen-bond donors (Lipinski definition) is 0. The van der Waals surface area contributed by atoms with Crippen LogP contribution >= 0.6 is 0 Å². The van der Waals surface area contributed by atoms with Gasteiger partial charge in [-0.25, -0.2) is 0 Å². The molecule has 4 nitrogen and oxygen atoms in total. The highest BCUT2D eigenvalue weighted by molar-refractivity contribution is 5.76. The van der Waals surface area contributed by atoms with E-state index in [-0.39, 0.29) is 17.3 Å². The van der Waals surface area contributed by atoms with Crippen LogP contribution in [0.3, 0.4) is 0 Å². The Bertz CT molecular complexity index is 566. The summed E-state index contributed by atoms with van der Waals surface area (Å²) in [6, 6.07) is 7.92. The first-order valence-electron chi connectivity index (χ1n) is 7.73. The van der Waals surface area contributed by atoms with Crippen molar-refractivity contribution in [3.63, 3.8) is 0 Å². The van der Waals surface area contributed by atoms with Gasteiger partial charge >= 0.3 is 5.97 Å². The van der Waals surface area contributed by atoms with Crippen LogP contribution in [0.15, 0.2) is 36.4 Å². The van der Waals surface area contributed by atoms with Crippen molar-refractivity contribution in [3.8, 4) is 0 Å². The van der Waals surface area contributed by atoms with E-state index in [1.54, 1.807) is 0 Å². The Morgan fingerprint density at radius 2 is 1.73 bits per heavy atom. The smallest absolute Gasteiger partial charge is 0.309 e. The molecule has 0 amide bonds. The summed E-state index contributed by atoms with van der Waals surface area (Å²) in [7, 11) is 0.